The number of rotatable bonds is 0. The maximum Gasteiger partial charge on any atom is 0.236 e. The summed E-state index contributed by atoms with van der Waals surface area (Å²) in [5.41, 5.74) is 0.589. The van der Waals surface area contributed by atoms with Gasteiger partial charge < -0.3 is 4.74 Å². The molecule has 1 nitrogen and oxygen atoms in total. The van der Waals surface area contributed by atoms with E-state index in [2.05, 4.69) is 27.7 Å². The molecule has 94 valence electrons. The number of epoxide rings is 1. The predicted molar refractivity (Wildman–Crippen MR) is 64.0 cm³/mol. The largest absolute Gasteiger partial charge is 0.334 e. The van der Waals surface area contributed by atoms with Crippen LogP contribution in [0.4, 0.5) is 4.39 Å². The molecule has 1 saturated heterocycles. The van der Waals surface area contributed by atoms with Crippen LogP contribution in [0, 0.1) is 10.8 Å². The van der Waals surface area contributed by atoms with Crippen molar-refractivity contribution in [3.63, 3.8) is 0 Å². The molecule has 0 aromatic carbocycles. The van der Waals surface area contributed by atoms with Crippen LogP contribution in [0.5, 0.6) is 0 Å². The first kappa shape index (κ1) is 12.3. The normalized spacial score (nSPS) is 42.2. The Kier molecular flexibility index (Phi) is 2.85. The predicted octanol–water partition coefficient (Wildman–Crippen LogP) is 4.46. The van der Waals surface area contributed by atoms with Crippen molar-refractivity contribution >= 4 is 0 Å². The second-order valence-electron chi connectivity index (χ2n) is 7.26. The molecule has 16 heavy (non-hydrogen) atoms. The molecule has 2 aliphatic rings. The zero-order valence-electron chi connectivity index (χ0n) is 11.1. The third-order valence-corrected chi connectivity index (χ3v) is 4.47. The highest BCUT2D eigenvalue weighted by molar-refractivity contribution is 4.96. The molecule has 0 aromatic rings. The van der Waals surface area contributed by atoms with E-state index in [4.69, 9.17) is 4.74 Å². The van der Waals surface area contributed by atoms with Crippen molar-refractivity contribution in [2.45, 2.75) is 78.2 Å². The molecular formula is C14H25FO. The molecule has 0 N–H and O–H groups in total. The third-order valence-electron chi connectivity index (χ3n) is 4.47. The summed E-state index contributed by atoms with van der Waals surface area (Å²) in [5.74, 6) is -1.27. The maximum atomic E-state index is 14.1. The molecule has 2 atom stereocenters. The fourth-order valence-corrected chi connectivity index (χ4v) is 2.65. The highest BCUT2D eigenvalue weighted by atomic mass is 19.2. The van der Waals surface area contributed by atoms with E-state index in [1.165, 1.54) is 12.8 Å². The number of hydrogen-bond donors (Lipinski definition) is 0. The molecule has 1 aliphatic carbocycles. The van der Waals surface area contributed by atoms with Gasteiger partial charge in [0.15, 0.2) is 0 Å². The number of fused-ring (bicyclic) bond motifs is 1. The summed E-state index contributed by atoms with van der Waals surface area (Å²) in [7, 11) is 0. The Bertz CT molecular complexity index is 268. The number of ether oxygens (including phenoxy) is 1. The molecule has 2 rings (SSSR count). The van der Waals surface area contributed by atoms with Crippen LogP contribution in [0.3, 0.4) is 0 Å². The van der Waals surface area contributed by atoms with E-state index in [0.717, 1.165) is 19.3 Å². The van der Waals surface area contributed by atoms with Gasteiger partial charge in [-0.15, -0.1) is 0 Å². The van der Waals surface area contributed by atoms with Crippen molar-refractivity contribution in [1.82, 2.24) is 0 Å². The summed E-state index contributed by atoms with van der Waals surface area (Å²) in [4.78, 5) is 0. The Morgan fingerprint density at radius 2 is 1.38 bits per heavy atom. The number of halogens is 1. The molecule has 0 amide bonds. The van der Waals surface area contributed by atoms with Gasteiger partial charge in [-0.1, -0.05) is 27.7 Å². The molecule has 1 heterocycles. The van der Waals surface area contributed by atoms with Crippen molar-refractivity contribution in [3.8, 4) is 0 Å². The Morgan fingerprint density at radius 3 is 2.00 bits per heavy atom. The zero-order chi connectivity index (χ0) is 12.0. The first-order chi connectivity index (χ1) is 7.23. The van der Waals surface area contributed by atoms with Crippen molar-refractivity contribution in [2.24, 2.45) is 10.8 Å². The lowest BCUT2D eigenvalue weighted by molar-refractivity contribution is 0.104. The maximum absolute atomic E-state index is 14.1. The SMILES string of the molecule is CC1(C)CCC2OC2(F)CCC(C)(C)CC1. The average molecular weight is 228 g/mol. The summed E-state index contributed by atoms with van der Waals surface area (Å²) in [6.07, 6.45) is 5.83. The highest BCUT2D eigenvalue weighted by Gasteiger charge is 2.57. The van der Waals surface area contributed by atoms with Crippen LogP contribution in [0.25, 0.3) is 0 Å². The first-order valence-electron chi connectivity index (χ1n) is 6.59. The summed E-state index contributed by atoms with van der Waals surface area (Å²) < 4.78 is 19.3. The smallest absolute Gasteiger partial charge is 0.236 e. The molecule has 0 spiro atoms. The molecule has 1 saturated carbocycles. The van der Waals surface area contributed by atoms with Crippen molar-refractivity contribution in [3.05, 3.63) is 0 Å². The summed E-state index contributed by atoms with van der Waals surface area (Å²) in [5, 5.41) is 0. The van der Waals surface area contributed by atoms with Gasteiger partial charge in [0, 0.05) is 6.42 Å². The molecule has 0 radical (unpaired) electrons. The van der Waals surface area contributed by atoms with Crippen LogP contribution in [0.1, 0.15) is 66.2 Å². The van der Waals surface area contributed by atoms with E-state index in [1.54, 1.807) is 0 Å². The van der Waals surface area contributed by atoms with Crippen LogP contribution >= 0.6 is 0 Å². The molecule has 2 heteroatoms. The van der Waals surface area contributed by atoms with Crippen LogP contribution in [-0.4, -0.2) is 12.0 Å². The van der Waals surface area contributed by atoms with Gasteiger partial charge in [-0.2, -0.15) is 0 Å². The molecule has 0 bridgehead atoms. The Labute approximate surface area is 98.8 Å². The van der Waals surface area contributed by atoms with Crippen LogP contribution < -0.4 is 0 Å². The minimum absolute atomic E-state index is 0.110. The summed E-state index contributed by atoms with van der Waals surface area (Å²) in [6, 6.07) is 0. The standard InChI is InChI=1S/C14H25FO/c1-12(2)6-5-11-14(15,16-11)10-9-13(3,4)8-7-12/h11H,5-10H2,1-4H3. The van der Waals surface area contributed by atoms with Gasteiger partial charge in [-0.05, 0) is 42.9 Å². The van der Waals surface area contributed by atoms with Gasteiger partial charge in [-0.25, -0.2) is 4.39 Å². The van der Waals surface area contributed by atoms with Crippen molar-refractivity contribution < 1.29 is 9.13 Å². The zero-order valence-corrected chi connectivity index (χ0v) is 11.1. The Morgan fingerprint density at radius 1 is 0.875 bits per heavy atom. The molecule has 0 aromatic heterocycles. The summed E-state index contributed by atoms with van der Waals surface area (Å²) >= 11 is 0. The van der Waals surface area contributed by atoms with Gasteiger partial charge in [0.2, 0.25) is 5.85 Å². The van der Waals surface area contributed by atoms with Gasteiger partial charge in [0.25, 0.3) is 0 Å². The van der Waals surface area contributed by atoms with E-state index in [1.807, 2.05) is 0 Å². The fraction of sp³-hybridized carbons (Fsp3) is 1.00. The van der Waals surface area contributed by atoms with E-state index < -0.39 is 5.85 Å². The van der Waals surface area contributed by atoms with E-state index in [0.29, 0.717) is 11.8 Å². The van der Waals surface area contributed by atoms with Gasteiger partial charge in [0.05, 0.1) is 0 Å². The first-order valence-corrected chi connectivity index (χ1v) is 6.59. The van der Waals surface area contributed by atoms with E-state index in [9.17, 15) is 4.39 Å². The molecular weight excluding hydrogens is 203 g/mol. The van der Waals surface area contributed by atoms with Crippen LogP contribution in [0.2, 0.25) is 0 Å². The summed E-state index contributed by atoms with van der Waals surface area (Å²) in [6.45, 7) is 9.11. The van der Waals surface area contributed by atoms with Gasteiger partial charge >= 0.3 is 0 Å². The molecule has 1 aliphatic heterocycles. The van der Waals surface area contributed by atoms with E-state index in [-0.39, 0.29) is 11.5 Å². The lowest BCUT2D eigenvalue weighted by Crippen LogP contribution is -2.23. The monoisotopic (exact) mass is 228 g/mol. The topological polar surface area (TPSA) is 12.5 Å². The minimum atomic E-state index is -1.27. The van der Waals surface area contributed by atoms with Crippen LogP contribution in [-0.2, 0) is 4.74 Å². The van der Waals surface area contributed by atoms with Crippen molar-refractivity contribution in [1.29, 1.82) is 0 Å². The Hall–Kier alpha value is -0.110. The Balaban J connectivity index is 2.04. The third kappa shape index (κ3) is 2.77. The lowest BCUT2D eigenvalue weighted by Gasteiger charge is -2.32. The quantitative estimate of drug-likeness (QED) is 0.558. The van der Waals surface area contributed by atoms with E-state index >= 15 is 0 Å². The second kappa shape index (κ2) is 3.69. The number of hydrogen-bond acceptors (Lipinski definition) is 1. The van der Waals surface area contributed by atoms with Crippen LogP contribution in [0.15, 0.2) is 0 Å². The molecule has 2 unspecified atom stereocenters. The minimum Gasteiger partial charge on any atom is -0.334 e. The van der Waals surface area contributed by atoms with Gasteiger partial charge in [0.1, 0.15) is 6.10 Å². The lowest BCUT2D eigenvalue weighted by atomic mass is 9.73. The fourth-order valence-electron chi connectivity index (χ4n) is 2.65. The average Bonchev–Trinajstić information content (AvgIpc) is 2.82. The second-order valence-corrected chi connectivity index (χ2v) is 7.26. The van der Waals surface area contributed by atoms with Crippen molar-refractivity contribution in [2.75, 3.05) is 0 Å². The van der Waals surface area contributed by atoms with Gasteiger partial charge in [-0.3, -0.25) is 0 Å². The molecule has 2 fully saturated rings. The highest BCUT2D eigenvalue weighted by Crippen LogP contribution is 2.50. The number of alkyl halides is 1.